The molecule has 0 bridgehead atoms. The van der Waals surface area contributed by atoms with Gasteiger partial charge in [-0.25, -0.2) is 0 Å². The van der Waals surface area contributed by atoms with Crippen LogP contribution in [0.25, 0.3) is 0 Å². The van der Waals surface area contributed by atoms with E-state index < -0.39 is 0 Å². The zero-order valence-electron chi connectivity index (χ0n) is 11.3. The maximum absolute atomic E-state index is 11.7. The zero-order valence-corrected chi connectivity index (χ0v) is 13.7. The molecule has 116 valence electrons. The minimum Gasteiger partial charge on any atom is -0.482 e. The molecule has 0 fully saturated rings. The molecule has 1 aliphatic rings. The third-order valence-corrected chi connectivity index (χ3v) is 3.45. The Morgan fingerprint density at radius 2 is 2.19 bits per heavy atom. The molecule has 0 saturated heterocycles. The van der Waals surface area contributed by atoms with Gasteiger partial charge in [0.15, 0.2) is 6.61 Å². The Labute approximate surface area is 140 Å². The lowest BCUT2D eigenvalue weighted by atomic mass is 10.1. The Kier molecular flexibility index (Phi) is 7.89. The van der Waals surface area contributed by atoms with Crippen LogP contribution in [-0.2, 0) is 4.79 Å². The van der Waals surface area contributed by atoms with Crippen molar-refractivity contribution in [3.63, 3.8) is 0 Å². The summed E-state index contributed by atoms with van der Waals surface area (Å²) in [5, 5.41) is 6.97. The number of ether oxygens (including phenoxy) is 1. The molecular weight excluding hydrogens is 335 g/mol. The third-order valence-electron chi connectivity index (χ3n) is 2.92. The first-order valence-corrected chi connectivity index (χ1v) is 7.14. The molecule has 2 rings (SSSR count). The molecule has 4 nitrogen and oxygen atoms in total. The molecule has 2 N–H and O–H groups in total. The lowest BCUT2D eigenvalue weighted by molar-refractivity contribution is -0.122. The van der Waals surface area contributed by atoms with Crippen LogP contribution >= 0.6 is 35.6 Å². The second-order valence-corrected chi connectivity index (χ2v) is 5.30. The first kappa shape index (κ1) is 18.1. The van der Waals surface area contributed by atoms with Crippen LogP contribution < -0.4 is 15.4 Å². The van der Waals surface area contributed by atoms with Crippen molar-refractivity contribution in [3.8, 4) is 5.75 Å². The Morgan fingerprint density at radius 3 is 2.86 bits per heavy atom. The van der Waals surface area contributed by atoms with Gasteiger partial charge in [-0.1, -0.05) is 34.9 Å². The van der Waals surface area contributed by atoms with Crippen molar-refractivity contribution in [2.24, 2.45) is 0 Å². The minimum absolute atomic E-state index is 0. The number of hydrogen-bond acceptors (Lipinski definition) is 3. The predicted molar refractivity (Wildman–Crippen MR) is 87.8 cm³/mol. The van der Waals surface area contributed by atoms with E-state index >= 15 is 0 Å². The third kappa shape index (κ3) is 6.14. The van der Waals surface area contributed by atoms with Gasteiger partial charge in [0.25, 0.3) is 5.91 Å². The zero-order chi connectivity index (χ0) is 14.4. The van der Waals surface area contributed by atoms with Crippen LogP contribution in [-0.4, -0.2) is 32.1 Å². The number of halogens is 3. The lowest BCUT2D eigenvalue weighted by Crippen LogP contribution is -2.32. The summed E-state index contributed by atoms with van der Waals surface area (Å²) in [4.78, 5) is 11.7. The highest BCUT2D eigenvalue weighted by molar-refractivity contribution is 6.35. The number of rotatable bonds is 5. The van der Waals surface area contributed by atoms with Crippen LogP contribution in [0, 0.1) is 0 Å². The maximum atomic E-state index is 11.7. The van der Waals surface area contributed by atoms with Crippen molar-refractivity contribution >= 4 is 41.5 Å². The SMILES string of the molecule is Cl.O=C(COc1ccc(Cl)cc1Cl)NCC1=CCNCC1. The molecule has 1 heterocycles. The first-order chi connectivity index (χ1) is 9.65. The van der Waals surface area contributed by atoms with Crippen molar-refractivity contribution in [3.05, 3.63) is 39.9 Å². The molecule has 0 saturated carbocycles. The average molecular weight is 352 g/mol. The standard InChI is InChI=1S/C14H16Cl2N2O2.ClH/c15-11-1-2-13(12(16)7-11)20-9-14(19)18-8-10-3-5-17-6-4-10;/h1-3,7,17H,4-6,8-9H2,(H,18,19);1H. The van der Waals surface area contributed by atoms with E-state index in [1.54, 1.807) is 18.2 Å². The van der Waals surface area contributed by atoms with Crippen LogP contribution in [0.2, 0.25) is 10.0 Å². The van der Waals surface area contributed by atoms with Crippen LogP contribution in [0.5, 0.6) is 5.75 Å². The molecule has 0 radical (unpaired) electrons. The van der Waals surface area contributed by atoms with Crippen LogP contribution in [0.15, 0.2) is 29.8 Å². The summed E-state index contributed by atoms with van der Waals surface area (Å²) in [6.07, 6.45) is 3.06. The van der Waals surface area contributed by atoms with E-state index in [0.29, 0.717) is 22.3 Å². The normalized spacial score (nSPS) is 13.9. The monoisotopic (exact) mass is 350 g/mol. The number of carbonyl (C=O) groups is 1. The van der Waals surface area contributed by atoms with E-state index in [1.165, 1.54) is 5.57 Å². The summed E-state index contributed by atoms with van der Waals surface area (Å²) in [5.41, 5.74) is 1.24. The summed E-state index contributed by atoms with van der Waals surface area (Å²) < 4.78 is 5.36. The average Bonchev–Trinajstić information content (AvgIpc) is 2.45. The summed E-state index contributed by atoms with van der Waals surface area (Å²) >= 11 is 11.7. The molecule has 1 aromatic carbocycles. The summed E-state index contributed by atoms with van der Waals surface area (Å²) in [5.74, 6) is 0.280. The Hall–Kier alpha value is -0.940. The second kappa shape index (κ2) is 9.15. The predicted octanol–water partition coefficient (Wildman–Crippen LogP) is 2.83. The van der Waals surface area contributed by atoms with Gasteiger partial charge < -0.3 is 15.4 Å². The van der Waals surface area contributed by atoms with Crippen molar-refractivity contribution in [1.82, 2.24) is 10.6 Å². The van der Waals surface area contributed by atoms with Gasteiger partial charge in [0.1, 0.15) is 5.75 Å². The van der Waals surface area contributed by atoms with Crippen molar-refractivity contribution in [1.29, 1.82) is 0 Å². The number of nitrogens with one attached hydrogen (secondary N) is 2. The minimum atomic E-state index is -0.171. The fourth-order valence-corrected chi connectivity index (χ4v) is 2.29. The summed E-state index contributed by atoms with van der Waals surface area (Å²) in [6.45, 7) is 2.33. The highest BCUT2D eigenvalue weighted by Crippen LogP contribution is 2.27. The molecule has 1 aliphatic heterocycles. The van der Waals surface area contributed by atoms with Gasteiger partial charge in [0.05, 0.1) is 5.02 Å². The summed E-state index contributed by atoms with van der Waals surface area (Å²) in [7, 11) is 0. The number of benzene rings is 1. The van der Waals surface area contributed by atoms with E-state index in [9.17, 15) is 4.79 Å². The Balaban J connectivity index is 0.00000220. The van der Waals surface area contributed by atoms with Gasteiger partial charge in [0.2, 0.25) is 0 Å². The molecular formula is C14H17Cl3N2O2. The molecule has 0 atom stereocenters. The van der Waals surface area contributed by atoms with E-state index in [0.717, 1.165) is 19.5 Å². The second-order valence-electron chi connectivity index (χ2n) is 4.46. The van der Waals surface area contributed by atoms with Crippen LogP contribution in [0.4, 0.5) is 0 Å². The quantitative estimate of drug-likeness (QED) is 0.802. The maximum Gasteiger partial charge on any atom is 0.258 e. The van der Waals surface area contributed by atoms with Crippen molar-refractivity contribution < 1.29 is 9.53 Å². The van der Waals surface area contributed by atoms with Crippen molar-refractivity contribution in [2.45, 2.75) is 6.42 Å². The summed E-state index contributed by atoms with van der Waals surface area (Å²) in [6, 6.07) is 4.89. The molecule has 7 heteroatoms. The first-order valence-electron chi connectivity index (χ1n) is 6.38. The number of amides is 1. The van der Waals surface area contributed by atoms with Gasteiger partial charge in [-0.2, -0.15) is 0 Å². The van der Waals surface area contributed by atoms with E-state index in [-0.39, 0.29) is 24.9 Å². The number of hydrogen-bond donors (Lipinski definition) is 2. The highest BCUT2D eigenvalue weighted by Gasteiger charge is 2.08. The van der Waals surface area contributed by atoms with Crippen LogP contribution in [0.1, 0.15) is 6.42 Å². The Morgan fingerprint density at radius 1 is 1.38 bits per heavy atom. The van der Waals surface area contributed by atoms with E-state index in [1.807, 2.05) is 0 Å². The van der Waals surface area contributed by atoms with Gasteiger partial charge in [0, 0.05) is 18.1 Å². The highest BCUT2D eigenvalue weighted by atomic mass is 35.5. The van der Waals surface area contributed by atoms with Crippen LogP contribution in [0.3, 0.4) is 0 Å². The Bertz CT molecular complexity index is 521. The van der Waals surface area contributed by atoms with E-state index in [2.05, 4.69) is 16.7 Å². The number of carbonyl (C=O) groups excluding carboxylic acids is 1. The molecule has 21 heavy (non-hydrogen) atoms. The smallest absolute Gasteiger partial charge is 0.258 e. The molecule has 1 amide bonds. The molecule has 0 unspecified atom stereocenters. The molecule has 0 aliphatic carbocycles. The lowest BCUT2D eigenvalue weighted by Gasteiger charge is -2.15. The fourth-order valence-electron chi connectivity index (χ4n) is 1.83. The molecule has 1 aromatic rings. The fraction of sp³-hybridized carbons (Fsp3) is 0.357. The van der Waals surface area contributed by atoms with Gasteiger partial charge >= 0.3 is 0 Å². The largest absolute Gasteiger partial charge is 0.482 e. The molecule has 0 spiro atoms. The topological polar surface area (TPSA) is 50.4 Å². The van der Waals surface area contributed by atoms with E-state index in [4.69, 9.17) is 27.9 Å². The van der Waals surface area contributed by atoms with Gasteiger partial charge in [-0.15, -0.1) is 12.4 Å². The van der Waals surface area contributed by atoms with Gasteiger partial charge in [-0.05, 0) is 31.2 Å². The van der Waals surface area contributed by atoms with Crippen molar-refractivity contribution in [2.75, 3.05) is 26.2 Å². The van der Waals surface area contributed by atoms with Gasteiger partial charge in [-0.3, -0.25) is 4.79 Å². The molecule has 0 aromatic heterocycles.